The number of nitrogens with two attached hydrogens (primary N) is 1. The van der Waals surface area contributed by atoms with Crippen molar-refractivity contribution < 1.29 is 0 Å². The fourth-order valence-corrected chi connectivity index (χ4v) is 1.99. The van der Waals surface area contributed by atoms with Crippen LogP contribution >= 0.6 is 0 Å². The third kappa shape index (κ3) is 1.85. The highest BCUT2D eigenvalue weighted by Crippen LogP contribution is 2.29. The Morgan fingerprint density at radius 1 is 1.25 bits per heavy atom. The summed E-state index contributed by atoms with van der Waals surface area (Å²) in [5, 5.41) is 1.25. The van der Waals surface area contributed by atoms with Gasteiger partial charge in [0, 0.05) is 23.1 Å². The normalized spacial score (nSPS) is 14.3. The van der Waals surface area contributed by atoms with Crippen LogP contribution in [-0.4, -0.2) is 4.98 Å². The molecule has 2 aromatic rings. The van der Waals surface area contributed by atoms with Crippen LogP contribution in [0.1, 0.15) is 44.9 Å². The molecule has 2 nitrogen and oxygen atoms in total. The van der Waals surface area contributed by atoms with E-state index in [-0.39, 0.29) is 11.5 Å². The van der Waals surface area contributed by atoms with E-state index in [1.54, 1.807) is 0 Å². The van der Waals surface area contributed by atoms with Crippen molar-refractivity contribution in [2.24, 2.45) is 5.73 Å². The molecule has 0 aliphatic carbocycles. The maximum Gasteiger partial charge on any atom is 0.0457 e. The second-order valence-electron chi connectivity index (χ2n) is 5.54. The Kier molecular flexibility index (Phi) is 2.55. The lowest BCUT2D eigenvalue weighted by atomic mass is 9.86. The number of aromatic amines is 1. The van der Waals surface area contributed by atoms with E-state index in [0.29, 0.717) is 0 Å². The molecular weight excluding hydrogens is 196 g/mol. The first-order chi connectivity index (χ1) is 7.39. The van der Waals surface area contributed by atoms with Crippen LogP contribution in [0.5, 0.6) is 0 Å². The van der Waals surface area contributed by atoms with Crippen molar-refractivity contribution in [3.63, 3.8) is 0 Å². The molecule has 0 spiro atoms. The summed E-state index contributed by atoms with van der Waals surface area (Å²) in [4.78, 5) is 3.27. The zero-order valence-corrected chi connectivity index (χ0v) is 10.5. The second kappa shape index (κ2) is 3.63. The molecule has 0 bridgehead atoms. The van der Waals surface area contributed by atoms with Gasteiger partial charge < -0.3 is 10.7 Å². The number of hydrogen-bond donors (Lipinski definition) is 2. The largest absolute Gasteiger partial charge is 0.361 e. The molecule has 0 aliphatic heterocycles. The van der Waals surface area contributed by atoms with Gasteiger partial charge in [-0.15, -0.1) is 0 Å². The molecule has 1 aromatic carbocycles. The van der Waals surface area contributed by atoms with Crippen LogP contribution in [0.3, 0.4) is 0 Å². The van der Waals surface area contributed by atoms with Gasteiger partial charge in [0.2, 0.25) is 0 Å². The number of rotatable bonds is 1. The van der Waals surface area contributed by atoms with Crippen molar-refractivity contribution in [3.8, 4) is 0 Å². The molecule has 0 unspecified atom stereocenters. The Hall–Kier alpha value is -1.28. The summed E-state index contributed by atoms with van der Waals surface area (Å²) < 4.78 is 0. The smallest absolute Gasteiger partial charge is 0.0457 e. The zero-order chi connectivity index (χ0) is 11.9. The van der Waals surface area contributed by atoms with Crippen molar-refractivity contribution in [2.45, 2.75) is 39.2 Å². The molecule has 86 valence electrons. The van der Waals surface area contributed by atoms with Crippen LogP contribution in [0.2, 0.25) is 0 Å². The van der Waals surface area contributed by atoms with Gasteiger partial charge in [-0.05, 0) is 35.6 Å². The molecule has 0 radical (unpaired) electrons. The summed E-state index contributed by atoms with van der Waals surface area (Å²) in [5.41, 5.74) is 9.86. The van der Waals surface area contributed by atoms with E-state index < -0.39 is 0 Å². The van der Waals surface area contributed by atoms with Crippen molar-refractivity contribution >= 4 is 10.9 Å². The Morgan fingerprint density at radius 3 is 2.50 bits per heavy atom. The van der Waals surface area contributed by atoms with E-state index in [4.69, 9.17) is 5.73 Å². The second-order valence-corrected chi connectivity index (χ2v) is 5.54. The molecule has 3 N–H and O–H groups in total. The van der Waals surface area contributed by atoms with Crippen LogP contribution in [0, 0.1) is 0 Å². The number of fused-ring (bicyclic) bond motifs is 1. The van der Waals surface area contributed by atoms with Crippen molar-refractivity contribution in [1.82, 2.24) is 4.98 Å². The van der Waals surface area contributed by atoms with Gasteiger partial charge in [-0.2, -0.15) is 0 Å². The zero-order valence-electron chi connectivity index (χ0n) is 10.5. The standard InChI is InChI=1S/C14H20N2/c1-9(15)12-8-16-13-6-5-10(7-11(12)13)14(2,3)4/h5-9,16H,15H2,1-4H3/t9-/m0/s1. The van der Waals surface area contributed by atoms with E-state index >= 15 is 0 Å². The molecule has 1 aromatic heterocycles. The van der Waals surface area contributed by atoms with Gasteiger partial charge in [-0.25, -0.2) is 0 Å². The first-order valence-electron chi connectivity index (χ1n) is 5.76. The number of hydrogen-bond acceptors (Lipinski definition) is 1. The Morgan fingerprint density at radius 2 is 1.94 bits per heavy atom. The first kappa shape index (κ1) is 11.2. The molecule has 0 fully saturated rings. The lowest BCUT2D eigenvalue weighted by Crippen LogP contribution is -2.11. The molecule has 0 saturated heterocycles. The predicted octanol–water partition coefficient (Wildman–Crippen LogP) is 3.49. The quantitative estimate of drug-likeness (QED) is 0.753. The van der Waals surface area contributed by atoms with E-state index in [1.165, 1.54) is 22.0 Å². The summed E-state index contributed by atoms with van der Waals surface area (Å²) in [7, 11) is 0. The van der Waals surface area contributed by atoms with Gasteiger partial charge in [0.25, 0.3) is 0 Å². The third-order valence-electron chi connectivity index (χ3n) is 3.07. The fourth-order valence-electron chi connectivity index (χ4n) is 1.99. The molecule has 2 heteroatoms. The van der Waals surface area contributed by atoms with Gasteiger partial charge in [0.1, 0.15) is 0 Å². The summed E-state index contributed by atoms with van der Waals surface area (Å²) in [6.45, 7) is 8.71. The van der Waals surface area contributed by atoms with Gasteiger partial charge in [0.05, 0.1) is 0 Å². The van der Waals surface area contributed by atoms with Gasteiger partial charge in [-0.1, -0.05) is 26.8 Å². The predicted molar refractivity (Wildman–Crippen MR) is 69.6 cm³/mol. The summed E-state index contributed by atoms with van der Waals surface area (Å²) in [6, 6.07) is 6.65. The SMILES string of the molecule is C[C@H](N)c1c[nH]c2ccc(C(C)(C)C)cc12. The third-order valence-corrected chi connectivity index (χ3v) is 3.07. The van der Waals surface area contributed by atoms with Crippen LogP contribution in [-0.2, 0) is 5.41 Å². The lowest BCUT2D eigenvalue weighted by Gasteiger charge is -2.19. The number of nitrogens with one attached hydrogen (secondary N) is 1. The fraction of sp³-hybridized carbons (Fsp3) is 0.429. The molecule has 0 amide bonds. The van der Waals surface area contributed by atoms with E-state index in [9.17, 15) is 0 Å². The summed E-state index contributed by atoms with van der Waals surface area (Å²) in [6.07, 6.45) is 2.02. The van der Waals surface area contributed by atoms with Crippen molar-refractivity contribution in [2.75, 3.05) is 0 Å². The van der Waals surface area contributed by atoms with Gasteiger partial charge in [-0.3, -0.25) is 0 Å². The average Bonchev–Trinajstić information content (AvgIpc) is 2.58. The highest BCUT2D eigenvalue weighted by atomic mass is 14.7. The Labute approximate surface area is 96.9 Å². The van der Waals surface area contributed by atoms with Crippen molar-refractivity contribution in [1.29, 1.82) is 0 Å². The van der Waals surface area contributed by atoms with Crippen LogP contribution in [0.4, 0.5) is 0 Å². The molecule has 0 aliphatic rings. The Bertz CT molecular complexity index is 501. The topological polar surface area (TPSA) is 41.8 Å². The molecule has 16 heavy (non-hydrogen) atoms. The van der Waals surface area contributed by atoms with Gasteiger partial charge >= 0.3 is 0 Å². The Balaban J connectivity index is 2.63. The number of benzene rings is 1. The molecular formula is C14H20N2. The highest BCUT2D eigenvalue weighted by Gasteiger charge is 2.15. The van der Waals surface area contributed by atoms with Crippen LogP contribution in [0.25, 0.3) is 10.9 Å². The molecule has 2 rings (SSSR count). The van der Waals surface area contributed by atoms with Crippen molar-refractivity contribution in [3.05, 3.63) is 35.5 Å². The average molecular weight is 216 g/mol. The minimum Gasteiger partial charge on any atom is -0.361 e. The molecule has 0 saturated carbocycles. The minimum absolute atomic E-state index is 0.0731. The van der Waals surface area contributed by atoms with E-state index in [2.05, 4.69) is 44.0 Å². The number of H-pyrrole nitrogens is 1. The van der Waals surface area contributed by atoms with Gasteiger partial charge in [0.15, 0.2) is 0 Å². The monoisotopic (exact) mass is 216 g/mol. The maximum atomic E-state index is 5.96. The summed E-state index contributed by atoms with van der Waals surface area (Å²) in [5.74, 6) is 0. The minimum atomic E-state index is 0.0731. The lowest BCUT2D eigenvalue weighted by molar-refractivity contribution is 0.591. The van der Waals surface area contributed by atoms with E-state index in [0.717, 1.165) is 0 Å². The first-order valence-corrected chi connectivity index (χ1v) is 5.76. The molecule has 1 heterocycles. The maximum absolute atomic E-state index is 5.96. The highest BCUT2D eigenvalue weighted by molar-refractivity contribution is 5.84. The number of aromatic nitrogens is 1. The summed E-state index contributed by atoms with van der Waals surface area (Å²) >= 11 is 0. The van der Waals surface area contributed by atoms with Crippen LogP contribution in [0.15, 0.2) is 24.4 Å². The van der Waals surface area contributed by atoms with E-state index in [1.807, 2.05) is 13.1 Å². The van der Waals surface area contributed by atoms with Crippen LogP contribution < -0.4 is 5.73 Å². The molecule has 1 atom stereocenters.